The summed E-state index contributed by atoms with van der Waals surface area (Å²) in [6.45, 7) is 1.55. The Labute approximate surface area is 164 Å². The number of rotatable bonds is 6. The van der Waals surface area contributed by atoms with Crippen molar-refractivity contribution >= 4 is 32.9 Å². The second-order valence-corrected chi connectivity index (χ2v) is 8.48. The minimum Gasteiger partial charge on any atom is -0.272 e. The number of benzene rings is 3. The number of sulfonamides is 1. The van der Waals surface area contributed by atoms with Gasteiger partial charge in [0.15, 0.2) is 0 Å². The molecule has 1 amide bonds. The van der Waals surface area contributed by atoms with Crippen LogP contribution in [0.5, 0.6) is 0 Å². The number of hydrogen-bond donors (Lipinski definition) is 1. The first-order valence-electron chi connectivity index (χ1n) is 8.70. The normalized spacial score (nSPS) is 12.0. The van der Waals surface area contributed by atoms with Crippen molar-refractivity contribution in [1.82, 2.24) is 9.73 Å². The van der Waals surface area contributed by atoms with Gasteiger partial charge in [0.1, 0.15) is 0 Å². The average molecular weight is 395 g/mol. The van der Waals surface area contributed by atoms with Crippen LogP contribution in [0.25, 0.3) is 10.8 Å². The van der Waals surface area contributed by atoms with Crippen LogP contribution >= 0.6 is 0 Å². The maximum Gasteiger partial charge on any atom is 0.255 e. The summed E-state index contributed by atoms with van der Waals surface area (Å²) in [4.78, 5) is 12.3. The highest BCUT2D eigenvalue weighted by molar-refractivity contribution is 7.89. The lowest BCUT2D eigenvalue weighted by molar-refractivity contribution is -0.121. The number of carbonyl (C=O) groups is 1. The van der Waals surface area contributed by atoms with Gasteiger partial charge in [0.25, 0.3) is 5.91 Å². The van der Waals surface area contributed by atoms with E-state index in [1.165, 1.54) is 19.2 Å². The minimum absolute atomic E-state index is 0.146. The Balaban J connectivity index is 1.65. The van der Waals surface area contributed by atoms with Crippen LogP contribution in [0.3, 0.4) is 0 Å². The second-order valence-electron chi connectivity index (χ2n) is 6.44. The molecule has 3 aromatic rings. The molecule has 0 spiro atoms. The smallest absolute Gasteiger partial charge is 0.255 e. The second kappa shape index (κ2) is 8.33. The van der Waals surface area contributed by atoms with E-state index >= 15 is 0 Å². The Morgan fingerprint density at radius 1 is 1.04 bits per heavy atom. The van der Waals surface area contributed by atoms with Gasteiger partial charge in [-0.25, -0.2) is 13.8 Å². The molecule has 0 bridgehead atoms. The quantitative estimate of drug-likeness (QED) is 0.515. The van der Waals surface area contributed by atoms with Crippen LogP contribution in [0.2, 0.25) is 0 Å². The highest BCUT2D eigenvalue weighted by Crippen LogP contribution is 2.17. The Bertz CT molecular complexity index is 1120. The van der Waals surface area contributed by atoms with E-state index in [9.17, 15) is 13.2 Å². The largest absolute Gasteiger partial charge is 0.272 e. The number of likely N-dealkylation sites (N-methyl/N-ethyl adjacent to an activating group) is 1. The first-order valence-corrected chi connectivity index (χ1v) is 10.1. The number of hydrazone groups is 1. The summed E-state index contributed by atoms with van der Waals surface area (Å²) >= 11 is 0. The van der Waals surface area contributed by atoms with Crippen molar-refractivity contribution in [3.63, 3.8) is 0 Å². The maximum absolute atomic E-state index is 12.5. The number of hydrogen-bond acceptors (Lipinski definition) is 4. The number of nitrogens with one attached hydrogen (secondary N) is 1. The third kappa shape index (κ3) is 4.44. The number of aryl methyl sites for hydroxylation is 1. The van der Waals surface area contributed by atoms with Crippen LogP contribution < -0.4 is 5.43 Å². The molecule has 0 radical (unpaired) electrons. The monoisotopic (exact) mass is 395 g/mol. The zero-order valence-electron chi connectivity index (χ0n) is 15.7. The summed E-state index contributed by atoms with van der Waals surface area (Å²) in [6, 6.07) is 20.1. The van der Waals surface area contributed by atoms with E-state index in [2.05, 4.69) is 10.5 Å². The van der Waals surface area contributed by atoms with Crippen LogP contribution in [-0.4, -0.2) is 38.4 Å². The molecule has 3 rings (SSSR count). The lowest BCUT2D eigenvalue weighted by Gasteiger charge is -2.16. The maximum atomic E-state index is 12.5. The molecule has 0 heterocycles. The van der Waals surface area contributed by atoms with Gasteiger partial charge in [0, 0.05) is 12.6 Å². The molecule has 28 heavy (non-hydrogen) atoms. The Kier molecular flexibility index (Phi) is 5.87. The van der Waals surface area contributed by atoms with Crippen LogP contribution in [0.15, 0.2) is 76.7 Å². The molecule has 6 nitrogen and oxygen atoms in total. The van der Waals surface area contributed by atoms with Gasteiger partial charge in [0.2, 0.25) is 10.0 Å². The lowest BCUT2D eigenvalue weighted by Crippen LogP contribution is -2.36. The summed E-state index contributed by atoms with van der Waals surface area (Å²) in [7, 11) is -2.37. The van der Waals surface area contributed by atoms with Gasteiger partial charge >= 0.3 is 0 Å². The van der Waals surface area contributed by atoms with E-state index in [0.29, 0.717) is 0 Å². The van der Waals surface area contributed by atoms with Crippen LogP contribution in [0, 0.1) is 6.92 Å². The van der Waals surface area contributed by atoms with Crippen molar-refractivity contribution < 1.29 is 13.2 Å². The van der Waals surface area contributed by atoms with Crippen LogP contribution in [-0.2, 0) is 14.8 Å². The summed E-state index contributed by atoms with van der Waals surface area (Å²) in [5.41, 5.74) is 4.20. The summed E-state index contributed by atoms with van der Waals surface area (Å²) in [5.74, 6) is -0.519. The van der Waals surface area contributed by atoms with Crippen molar-refractivity contribution in [2.24, 2.45) is 5.10 Å². The fourth-order valence-corrected chi connectivity index (χ4v) is 3.88. The minimum atomic E-state index is -3.74. The van der Waals surface area contributed by atoms with E-state index in [-0.39, 0.29) is 11.4 Å². The molecule has 0 aromatic heterocycles. The van der Waals surface area contributed by atoms with Crippen molar-refractivity contribution in [2.75, 3.05) is 13.6 Å². The highest BCUT2D eigenvalue weighted by atomic mass is 32.2. The Hall–Kier alpha value is -3.03. The van der Waals surface area contributed by atoms with Crippen molar-refractivity contribution in [1.29, 1.82) is 0 Å². The molecule has 0 saturated carbocycles. The molecule has 1 N–H and O–H groups in total. The van der Waals surface area contributed by atoms with Crippen molar-refractivity contribution in [2.45, 2.75) is 11.8 Å². The number of amides is 1. The fraction of sp³-hybridized carbons (Fsp3) is 0.143. The zero-order valence-corrected chi connectivity index (χ0v) is 16.5. The molecule has 144 valence electrons. The third-order valence-electron chi connectivity index (χ3n) is 4.31. The van der Waals surface area contributed by atoms with Gasteiger partial charge in [-0.3, -0.25) is 4.79 Å². The predicted octanol–water partition coefficient (Wildman–Crippen LogP) is 2.92. The molecule has 0 aliphatic heterocycles. The SMILES string of the molecule is Cc1ccc(S(=O)(=O)N(C)CC(=O)N/N=C/c2cccc3ccccc23)cc1. The van der Waals surface area contributed by atoms with Crippen LogP contribution in [0.1, 0.15) is 11.1 Å². The van der Waals surface area contributed by atoms with Gasteiger partial charge in [-0.15, -0.1) is 0 Å². The third-order valence-corrected chi connectivity index (χ3v) is 6.13. The first kappa shape index (κ1) is 19.7. The van der Waals surface area contributed by atoms with E-state index in [4.69, 9.17) is 0 Å². The van der Waals surface area contributed by atoms with Gasteiger partial charge in [0.05, 0.1) is 17.7 Å². The lowest BCUT2D eigenvalue weighted by atomic mass is 10.1. The van der Waals surface area contributed by atoms with Crippen molar-refractivity contribution in [3.05, 3.63) is 77.9 Å². The summed E-state index contributed by atoms with van der Waals surface area (Å²) in [5, 5.41) is 6.05. The average Bonchev–Trinajstić information content (AvgIpc) is 2.68. The van der Waals surface area contributed by atoms with Gasteiger partial charge in [-0.2, -0.15) is 9.41 Å². The molecule has 0 aliphatic carbocycles. The molecular weight excluding hydrogens is 374 g/mol. The first-order chi connectivity index (χ1) is 13.4. The number of fused-ring (bicyclic) bond motifs is 1. The molecule has 0 saturated heterocycles. The fourth-order valence-electron chi connectivity index (χ4n) is 2.75. The van der Waals surface area contributed by atoms with E-state index < -0.39 is 15.9 Å². The standard InChI is InChI=1S/C21H21N3O3S/c1-16-10-12-19(13-11-16)28(26,27)24(2)15-21(25)23-22-14-18-8-5-7-17-6-3-4-9-20(17)18/h3-14H,15H2,1-2H3,(H,23,25)/b22-14+. The summed E-state index contributed by atoms with van der Waals surface area (Å²) < 4.78 is 26.1. The van der Waals surface area contributed by atoms with Gasteiger partial charge < -0.3 is 0 Å². The molecular formula is C21H21N3O3S. The molecule has 0 unspecified atom stereocenters. The van der Waals surface area contributed by atoms with Crippen molar-refractivity contribution in [3.8, 4) is 0 Å². The highest BCUT2D eigenvalue weighted by Gasteiger charge is 2.22. The van der Waals surface area contributed by atoms with Gasteiger partial charge in [-0.1, -0.05) is 60.2 Å². The molecule has 3 aromatic carbocycles. The summed E-state index contributed by atoms with van der Waals surface area (Å²) in [6.07, 6.45) is 1.55. The Morgan fingerprint density at radius 2 is 1.71 bits per heavy atom. The van der Waals surface area contributed by atoms with E-state index in [1.807, 2.05) is 49.4 Å². The predicted molar refractivity (Wildman–Crippen MR) is 111 cm³/mol. The zero-order chi connectivity index (χ0) is 20.1. The van der Waals surface area contributed by atoms with Crippen LogP contribution in [0.4, 0.5) is 0 Å². The molecule has 0 aliphatic rings. The topological polar surface area (TPSA) is 78.8 Å². The Morgan fingerprint density at radius 3 is 2.46 bits per heavy atom. The number of carbonyl (C=O) groups excluding carboxylic acids is 1. The number of nitrogens with zero attached hydrogens (tertiary/aromatic N) is 2. The molecule has 0 fully saturated rings. The van der Waals surface area contributed by atoms with E-state index in [1.54, 1.807) is 18.3 Å². The van der Waals surface area contributed by atoms with Gasteiger partial charge in [-0.05, 0) is 29.8 Å². The molecule has 0 atom stereocenters. The van der Waals surface area contributed by atoms with E-state index in [0.717, 1.165) is 26.2 Å². The molecule has 7 heteroatoms.